The summed E-state index contributed by atoms with van der Waals surface area (Å²) in [6.45, 7) is 7.45. The quantitative estimate of drug-likeness (QED) is 0.601. The predicted octanol–water partition coefficient (Wildman–Crippen LogP) is 4.78. The number of nitrogens with one attached hydrogen (secondary N) is 1. The zero-order valence-electron chi connectivity index (χ0n) is 18.2. The molecule has 1 atom stereocenters. The zero-order chi connectivity index (χ0) is 22.6. The highest BCUT2D eigenvalue weighted by atomic mass is 16.4. The summed E-state index contributed by atoms with van der Waals surface area (Å²) in [5.41, 5.74) is 1.92. The molecule has 2 aromatic carbocycles. The largest absolute Gasteiger partial charge is 0.465 e. The minimum atomic E-state index is -1.07. The van der Waals surface area contributed by atoms with Crippen LogP contribution in [0.3, 0.4) is 0 Å². The number of nitrogens with zero attached hydrogens (tertiary/aromatic N) is 3. The first kappa shape index (κ1) is 22.1. The fourth-order valence-electron chi connectivity index (χ4n) is 3.42. The molecule has 3 aromatic rings. The third kappa shape index (κ3) is 5.31. The van der Waals surface area contributed by atoms with E-state index in [0.717, 1.165) is 11.4 Å². The Morgan fingerprint density at radius 2 is 1.65 bits per heavy atom. The van der Waals surface area contributed by atoms with Crippen LogP contribution in [0.25, 0.3) is 5.69 Å². The summed E-state index contributed by atoms with van der Waals surface area (Å²) < 4.78 is 1.73. The molecule has 1 aromatic heterocycles. The van der Waals surface area contributed by atoms with Crippen molar-refractivity contribution in [2.24, 2.45) is 5.41 Å². The van der Waals surface area contributed by atoms with Gasteiger partial charge in [-0.1, -0.05) is 57.2 Å². The van der Waals surface area contributed by atoms with E-state index in [4.69, 9.17) is 5.10 Å². The van der Waals surface area contributed by atoms with Gasteiger partial charge in [-0.3, -0.25) is 9.69 Å². The summed E-state index contributed by atoms with van der Waals surface area (Å²) in [4.78, 5) is 25.6. The number of para-hydroxylation sites is 2. The highest BCUT2D eigenvalue weighted by Crippen LogP contribution is 2.30. The Bertz CT molecular complexity index is 1040. The molecule has 31 heavy (non-hydrogen) atoms. The molecule has 3 rings (SSSR count). The molecule has 0 bridgehead atoms. The van der Waals surface area contributed by atoms with Crippen LogP contribution in [0, 0.1) is 5.41 Å². The van der Waals surface area contributed by atoms with Gasteiger partial charge >= 0.3 is 6.09 Å². The van der Waals surface area contributed by atoms with Gasteiger partial charge in [0.05, 0.1) is 17.1 Å². The van der Waals surface area contributed by atoms with Gasteiger partial charge in [-0.15, -0.1) is 0 Å². The number of benzene rings is 2. The van der Waals surface area contributed by atoms with E-state index in [2.05, 4.69) is 5.32 Å². The molecule has 0 saturated heterocycles. The molecule has 0 spiro atoms. The number of hydrogen-bond donors (Lipinski definition) is 2. The molecule has 0 radical (unpaired) electrons. The number of rotatable bonds is 6. The molecule has 2 N–H and O–H groups in total. The second-order valence-electron chi connectivity index (χ2n) is 8.50. The summed E-state index contributed by atoms with van der Waals surface area (Å²) in [7, 11) is 0. The molecule has 2 amide bonds. The Labute approximate surface area is 182 Å². The maximum Gasteiger partial charge on any atom is 0.404 e. The van der Waals surface area contributed by atoms with Crippen molar-refractivity contribution in [2.75, 3.05) is 4.90 Å². The summed E-state index contributed by atoms with van der Waals surface area (Å²) >= 11 is 0. The van der Waals surface area contributed by atoms with Gasteiger partial charge in [0.2, 0.25) is 5.91 Å². The van der Waals surface area contributed by atoms with Gasteiger partial charge in [0, 0.05) is 25.5 Å². The van der Waals surface area contributed by atoms with Crippen LogP contribution in [0.15, 0.2) is 66.7 Å². The van der Waals surface area contributed by atoms with E-state index in [9.17, 15) is 14.7 Å². The minimum Gasteiger partial charge on any atom is -0.465 e. The van der Waals surface area contributed by atoms with Crippen LogP contribution in [0.2, 0.25) is 0 Å². The van der Waals surface area contributed by atoms with Gasteiger partial charge in [0.15, 0.2) is 0 Å². The first-order valence-corrected chi connectivity index (χ1v) is 10.2. The molecular weight excluding hydrogens is 392 g/mol. The average Bonchev–Trinajstić information content (AvgIpc) is 3.11. The smallest absolute Gasteiger partial charge is 0.404 e. The third-order valence-corrected chi connectivity index (χ3v) is 5.06. The van der Waals surface area contributed by atoms with Gasteiger partial charge < -0.3 is 10.4 Å². The van der Waals surface area contributed by atoms with E-state index in [1.807, 2.05) is 87.5 Å². The lowest BCUT2D eigenvalue weighted by Gasteiger charge is -2.29. The van der Waals surface area contributed by atoms with E-state index >= 15 is 0 Å². The molecule has 1 unspecified atom stereocenters. The fraction of sp³-hybridized carbons (Fsp3) is 0.292. The molecule has 0 fully saturated rings. The number of aromatic nitrogens is 2. The maximum atomic E-state index is 12.7. The van der Waals surface area contributed by atoms with E-state index in [1.54, 1.807) is 9.58 Å². The second-order valence-corrected chi connectivity index (χ2v) is 8.50. The molecule has 0 saturated carbocycles. The minimum absolute atomic E-state index is 0.147. The number of anilines is 2. The molecule has 7 heteroatoms. The van der Waals surface area contributed by atoms with Crippen LogP contribution >= 0.6 is 0 Å². The van der Waals surface area contributed by atoms with Crippen molar-refractivity contribution in [1.82, 2.24) is 15.1 Å². The van der Waals surface area contributed by atoms with Crippen LogP contribution in [-0.4, -0.2) is 32.9 Å². The predicted molar refractivity (Wildman–Crippen MR) is 121 cm³/mol. The molecule has 7 nitrogen and oxygen atoms in total. The molecule has 0 aliphatic heterocycles. The Hall–Kier alpha value is -3.61. The first-order valence-electron chi connectivity index (χ1n) is 10.2. The number of carbonyl (C=O) groups is 2. The topological polar surface area (TPSA) is 87.5 Å². The molecule has 0 aliphatic carbocycles. The Morgan fingerprint density at radius 3 is 2.16 bits per heavy atom. The number of hydrogen-bond acceptors (Lipinski definition) is 3. The summed E-state index contributed by atoms with van der Waals surface area (Å²) in [6.07, 6.45) is -0.680. The SMILES string of the molecule is CC(=O)N(c1ccccc1)c1cc(CC(NC(=O)O)C(C)(C)C)nn1-c1ccccc1. The highest BCUT2D eigenvalue weighted by Gasteiger charge is 2.29. The van der Waals surface area contributed by atoms with Crippen molar-refractivity contribution in [3.8, 4) is 5.69 Å². The highest BCUT2D eigenvalue weighted by molar-refractivity contribution is 5.98. The lowest BCUT2D eigenvalue weighted by molar-refractivity contribution is -0.115. The Kier molecular flexibility index (Phi) is 6.44. The molecule has 162 valence electrons. The first-order chi connectivity index (χ1) is 14.7. The van der Waals surface area contributed by atoms with E-state index in [0.29, 0.717) is 17.9 Å². The molecule has 0 aliphatic rings. The average molecular weight is 421 g/mol. The van der Waals surface area contributed by atoms with E-state index < -0.39 is 6.09 Å². The van der Waals surface area contributed by atoms with Crippen molar-refractivity contribution >= 4 is 23.5 Å². The number of carboxylic acid groups (broad SMARTS) is 1. The van der Waals surface area contributed by atoms with Gasteiger partial charge in [0.1, 0.15) is 5.82 Å². The van der Waals surface area contributed by atoms with Gasteiger partial charge in [0.25, 0.3) is 0 Å². The van der Waals surface area contributed by atoms with Crippen molar-refractivity contribution in [3.63, 3.8) is 0 Å². The van der Waals surface area contributed by atoms with Crippen LogP contribution < -0.4 is 10.2 Å². The van der Waals surface area contributed by atoms with Crippen LogP contribution in [-0.2, 0) is 11.2 Å². The fourth-order valence-corrected chi connectivity index (χ4v) is 3.42. The standard InChI is InChI=1S/C24H28N4O3/c1-17(29)27(19-11-7-5-8-12-19)22-16-18(15-21(24(2,3)4)25-23(30)31)26-28(22)20-13-9-6-10-14-20/h5-14,16,21,25H,15H2,1-4H3,(H,30,31). The Balaban J connectivity index is 2.11. The van der Waals surface area contributed by atoms with Gasteiger partial charge in [-0.2, -0.15) is 5.10 Å². The van der Waals surface area contributed by atoms with Crippen molar-refractivity contribution in [2.45, 2.75) is 40.2 Å². The zero-order valence-corrected chi connectivity index (χ0v) is 18.2. The lowest BCUT2D eigenvalue weighted by atomic mass is 9.84. The van der Waals surface area contributed by atoms with Crippen molar-refractivity contribution in [1.29, 1.82) is 0 Å². The van der Waals surface area contributed by atoms with Crippen molar-refractivity contribution < 1.29 is 14.7 Å². The van der Waals surface area contributed by atoms with Crippen LogP contribution in [0.4, 0.5) is 16.3 Å². The number of carbonyl (C=O) groups excluding carboxylic acids is 1. The van der Waals surface area contributed by atoms with E-state index in [-0.39, 0.29) is 17.4 Å². The normalized spacial score (nSPS) is 12.3. The van der Waals surface area contributed by atoms with E-state index in [1.165, 1.54) is 6.92 Å². The lowest BCUT2D eigenvalue weighted by Crippen LogP contribution is -2.44. The van der Waals surface area contributed by atoms with Crippen molar-refractivity contribution in [3.05, 3.63) is 72.4 Å². The summed E-state index contributed by atoms with van der Waals surface area (Å²) in [5.74, 6) is 0.453. The molecular formula is C24H28N4O3. The second kappa shape index (κ2) is 9.04. The summed E-state index contributed by atoms with van der Waals surface area (Å²) in [6, 6.07) is 20.5. The Morgan fingerprint density at radius 1 is 1.06 bits per heavy atom. The number of amides is 2. The monoisotopic (exact) mass is 420 g/mol. The molecule has 1 heterocycles. The van der Waals surface area contributed by atoms with Crippen LogP contribution in [0.1, 0.15) is 33.4 Å². The van der Waals surface area contributed by atoms with Gasteiger partial charge in [-0.05, 0) is 29.7 Å². The maximum absolute atomic E-state index is 12.7. The summed E-state index contributed by atoms with van der Waals surface area (Å²) in [5, 5.41) is 16.7. The van der Waals surface area contributed by atoms with Gasteiger partial charge in [-0.25, -0.2) is 9.48 Å². The van der Waals surface area contributed by atoms with Crippen LogP contribution in [0.5, 0.6) is 0 Å². The third-order valence-electron chi connectivity index (χ3n) is 5.06.